The van der Waals surface area contributed by atoms with Crippen LogP contribution < -0.4 is 10.1 Å². The van der Waals surface area contributed by atoms with E-state index in [-0.39, 0.29) is 11.2 Å². The summed E-state index contributed by atoms with van der Waals surface area (Å²) in [6, 6.07) is 13.5. The Hall–Kier alpha value is -2.80. The highest BCUT2D eigenvalue weighted by molar-refractivity contribution is 8.00. The summed E-state index contributed by atoms with van der Waals surface area (Å²) in [6.45, 7) is 1.96. The number of nitrogens with one attached hydrogen (secondary N) is 1. The van der Waals surface area contributed by atoms with Crippen molar-refractivity contribution in [1.82, 2.24) is 14.8 Å². The Morgan fingerprint density at radius 3 is 2.81 bits per heavy atom. The van der Waals surface area contributed by atoms with Gasteiger partial charge in [-0.15, -0.1) is 11.8 Å². The number of hydrogen-bond donors (Lipinski definition) is 1. The minimum Gasteiger partial charge on any atom is -0.496 e. The number of carbonyl (C=O) groups is 1. The zero-order chi connectivity index (χ0) is 18.1. The van der Waals surface area contributed by atoms with Crippen molar-refractivity contribution in [2.45, 2.75) is 12.2 Å². The Morgan fingerprint density at radius 2 is 2.04 bits per heavy atom. The number of benzene rings is 1. The van der Waals surface area contributed by atoms with Gasteiger partial charge in [-0.3, -0.25) is 4.79 Å². The van der Waals surface area contributed by atoms with E-state index in [0.717, 1.165) is 22.6 Å². The first kappa shape index (κ1) is 16.7. The zero-order valence-corrected chi connectivity index (χ0v) is 15.3. The van der Waals surface area contributed by atoms with Gasteiger partial charge in [0.15, 0.2) is 5.82 Å². The van der Waals surface area contributed by atoms with Crippen molar-refractivity contribution in [1.29, 1.82) is 0 Å². The topological polar surface area (TPSA) is 69.0 Å². The van der Waals surface area contributed by atoms with Gasteiger partial charge in [0.1, 0.15) is 11.6 Å². The van der Waals surface area contributed by atoms with E-state index in [0.29, 0.717) is 17.4 Å². The molecule has 0 aliphatic carbocycles. The number of pyridine rings is 1. The summed E-state index contributed by atoms with van der Waals surface area (Å²) in [7, 11) is 1.66. The number of hydrogen-bond acceptors (Lipinski definition) is 5. The van der Waals surface area contributed by atoms with E-state index >= 15 is 0 Å². The molecule has 0 saturated carbocycles. The molecule has 7 heteroatoms. The number of rotatable bonds is 3. The maximum Gasteiger partial charge on any atom is 0.235 e. The monoisotopic (exact) mass is 366 g/mol. The van der Waals surface area contributed by atoms with Crippen LogP contribution in [-0.2, 0) is 4.79 Å². The highest BCUT2D eigenvalue weighted by Gasteiger charge is 2.32. The van der Waals surface area contributed by atoms with Gasteiger partial charge in [-0.25, -0.2) is 4.98 Å². The number of nitrogens with zero attached hydrogens (tertiary/aromatic N) is 3. The van der Waals surface area contributed by atoms with Gasteiger partial charge < -0.3 is 10.1 Å². The minimum absolute atomic E-state index is 0.0503. The predicted molar refractivity (Wildman–Crippen MR) is 102 cm³/mol. The minimum atomic E-state index is -0.0578. The van der Waals surface area contributed by atoms with Crippen molar-refractivity contribution in [3.63, 3.8) is 0 Å². The Labute approximate surface area is 155 Å². The first-order valence-corrected chi connectivity index (χ1v) is 9.29. The third kappa shape index (κ3) is 2.84. The van der Waals surface area contributed by atoms with Crippen LogP contribution in [0.1, 0.15) is 22.1 Å². The molecule has 0 spiro atoms. The van der Waals surface area contributed by atoms with Crippen molar-refractivity contribution in [2.75, 3.05) is 18.2 Å². The van der Waals surface area contributed by atoms with E-state index in [2.05, 4.69) is 15.4 Å². The van der Waals surface area contributed by atoms with E-state index in [4.69, 9.17) is 4.74 Å². The SMILES string of the molecule is COc1ccccc1[C@@H]1SCC(=O)Nc2c1c(C)nn2-c1ccccn1. The van der Waals surface area contributed by atoms with Crippen LogP contribution in [0.4, 0.5) is 5.82 Å². The van der Waals surface area contributed by atoms with E-state index in [1.165, 1.54) is 0 Å². The fraction of sp³-hybridized carbons (Fsp3) is 0.211. The summed E-state index contributed by atoms with van der Waals surface area (Å²) in [4.78, 5) is 16.7. The number of thioether (sulfide) groups is 1. The highest BCUT2D eigenvalue weighted by Crippen LogP contribution is 2.46. The highest BCUT2D eigenvalue weighted by atomic mass is 32.2. The maximum absolute atomic E-state index is 12.3. The van der Waals surface area contributed by atoms with Gasteiger partial charge in [0, 0.05) is 17.3 Å². The third-order valence-electron chi connectivity index (χ3n) is 4.30. The molecule has 2 aromatic heterocycles. The largest absolute Gasteiger partial charge is 0.496 e. The Balaban J connectivity index is 1.92. The number of aryl methyl sites for hydroxylation is 1. The van der Waals surface area contributed by atoms with Gasteiger partial charge in [-0.05, 0) is 25.1 Å². The standard InChI is InChI=1S/C19H18N4O2S/c1-12-17-18(13-7-3-4-8-14(13)25-2)26-11-16(24)21-19(17)23(22-12)15-9-5-6-10-20-15/h3-10,18H,11H2,1-2H3,(H,21,24)/t18-/m0/s1. The summed E-state index contributed by atoms with van der Waals surface area (Å²) >= 11 is 1.57. The molecule has 0 radical (unpaired) electrons. The van der Waals surface area contributed by atoms with Crippen molar-refractivity contribution < 1.29 is 9.53 Å². The second-order valence-corrected chi connectivity index (χ2v) is 7.02. The summed E-state index contributed by atoms with van der Waals surface area (Å²) in [5.74, 6) is 2.45. The number of para-hydroxylation sites is 1. The summed E-state index contributed by atoms with van der Waals surface area (Å²) < 4.78 is 7.26. The predicted octanol–water partition coefficient (Wildman–Crippen LogP) is 3.36. The lowest BCUT2D eigenvalue weighted by molar-refractivity contribution is -0.113. The van der Waals surface area contributed by atoms with Crippen molar-refractivity contribution in [2.24, 2.45) is 0 Å². The lowest BCUT2D eigenvalue weighted by Crippen LogP contribution is -2.16. The molecule has 1 atom stereocenters. The maximum atomic E-state index is 12.3. The summed E-state index contributed by atoms with van der Waals surface area (Å²) in [6.07, 6.45) is 1.71. The van der Waals surface area contributed by atoms with Crippen molar-refractivity contribution >= 4 is 23.5 Å². The smallest absolute Gasteiger partial charge is 0.235 e. The quantitative estimate of drug-likeness (QED) is 0.770. The third-order valence-corrected chi connectivity index (χ3v) is 5.55. The van der Waals surface area contributed by atoms with E-state index in [9.17, 15) is 4.79 Å². The molecule has 0 bridgehead atoms. The van der Waals surface area contributed by atoms with Crippen LogP contribution in [0.5, 0.6) is 5.75 Å². The molecule has 1 aliphatic heterocycles. The number of ether oxygens (including phenoxy) is 1. The van der Waals surface area contributed by atoms with Crippen LogP contribution in [0.25, 0.3) is 5.82 Å². The Bertz CT molecular complexity index is 955. The molecule has 1 aliphatic rings. The van der Waals surface area contributed by atoms with Crippen LogP contribution in [0.3, 0.4) is 0 Å². The molecular weight excluding hydrogens is 348 g/mol. The van der Waals surface area contributed by atoms with Crippen LogP contribution in [-0.4, -0.2) is 33.5 Å². The fourth-order valence-corrected chi connectivity index (χ4v) is 4.37. The van der Waals surface area contributed by atoms with Gasteiger partial charge in [0.25, 0.3) is 0 Å². The number of amides is 1. The fourth-order valence-electron chi connectivity index (χ4n) is 3.16. The van der Waals surface area contributed by atoms with Gasteiger partial charge >= 0.3 is 0 Å². The molecule has 1 N–H and O–H groups in total. The number of methoxy groups -OCH3 is 1. The van der Waals surface area contributed by atoms with Crippen molar-refractivity contribution in [3.05, 3.63) is 65.5 Å². The molecule has 26 heavy (non-hydrogen) atoms. The molecule has 0 fully saturated rings. The Kier molecular flexibility index (Phi) is 4.38. The van der Waals surface area contributed by atoms with Gasteiger partial charge in [0.05, 0.1) is 23.8 Å². The number of anilines is 1. The van der Waals surface area contributed by atoms with Crippen LogP contribution in [0.15, 0.2) is 48.7 Å². The lowest BCUT2D eigenvalue weighted by Gasteiger charge is -2.18. The van der Waals surface area contributed by atoms with Gasteiger partial charge in [-0.2, -0.15) is 9.78 Å². The van der Waals surface area contributed by atoms with Crippen molar-refractivity contribution in [3.8, 4) is 11.6 Å². The normalized spacial score (nSPS) is 16.5. The molecule has 0 unspecified atom stereocenters. The van der Waals surface area contributed by atoms with Crippen LogP contribution in [0.2, 0.25) is 0 Å². The number of carbonyl (C=O) groups excluding carboxylic acids is 1. The second kappa shape index (κ2) is 6.84. The molecule has 4 rings (SSSR count). The first-order chi connectivity index (χ1) is 12.7. The number of aromatic nitrogens is 3. The second-order valence-electron chi connectivity index (χ2n) is 5.93. The molecule has 1 aromatic carbocycles. The van der Waals surface area contributed by atoms with E-state index in [1.54, 1.807) is 29.8 Å². The Morgan fingerprint density at radius 1 is 1.23 bits per heavy atom. The molecular formula is C19H18N4O2S. The molecule has 3 aromatic rings. The molecule has 132 valence electrons. The molecule has 3 heterocycles. The lowest BCUT2D eigenvalue weighted by atomic mass is 10.0. The molecule has 0 saturated heterocycles. The summed E-state index contributed by atoms with van der Waals surface area (Å²) in [5, 5.41) is 7.60. The average molecular weight is 366 g/mol. The average Bonchev–Trinajstić information content (AvgIpc) is 2.88. The zero-order valence-electron chi connectivity index (χ0n) is 14.5. The van der Waals surface area contributed by atoms with E-state index < -0.39 is 0 Å². The molecule has 6 nitrogen and oxygen atoms in total. The van der Waals surface area contributed by atoms with Crippen LogP contribution in [0, 0.1) is 6.92 Å². The van der Waals surface area contributed by atoms with Gasteiger partial charge in [0.2, 0.25) is 5.91 Å². The molecule has 1 amide bonds. The van der Waals surface area contributed by atoms with Gasteiger partial charge in [-0.1, -0.05) is 24.3 Å². The first-order valence-electron chi connectivity index (χ1n) is 8.24. The summed E-state index contributed by atoms with van der Waals surface area (Å²) in [5.41, 5.74) is 2.87. The van der Waals surface area contributed by atoms with E-state index in [1.807, 2.05) is 49.4 Å². The van der Waals surface area contributed by atoms with Crippen LogP contribution >= 0.6 is 11.8 Å². The number of fused-ring (bicyclic) bond motifs is 1.